The van der Waals surface area contributed by atoms with Gasteiger partial charge in [-0.15, -0.1) is 0 Å². The summed E-state index contributed by atoms with van der Waals surface area (Å²) < 4.78 is 10.1. The first-order valence-corrected chi connectivity index (χ1v) is 7.07. The zero-order valence-corrected chi connectivity index (χ0v) is 12.3. The second-order valence-corrected chi connectivity index (χ2v) is 5.03. The molecule has 0 saturated heterocycles. The van der Waals surface area contributed by atoms with Gasteiger partial charge in [-0.25, -0.2) is 0 Å². The fourth-order valence-electron chi connectivity index (χ4n) is 2.67. The Bertz CT molecular complexity index is 373. The van der Waals surface area contributed by atoms with Gasteiger partial charge < -0.3 is 14.7 Å². The van der Waals surface area contributed by atoms with Crippen LogP contribution in [0.4, 0.5) is 0 Å². The summed E-state index contributed by atoms with van der Waals surface area (Å²) in [4.78, 5) is 24.6. The number of carbonyl (C=O) groups excluding carboxylic acids is 2. The summed E-state index contributed by atoms with van der Waals surface area (Å²) in [5, 5.41) is 12.4. The number of hydrogen-bond donors (Lipinski definition) is 1. The van der Waals surface area contributed by atoms with Crippen LogP contribution in [0.2, 0.25) is 0 Å². The molecule has 0 aromatic rings. The molecular formula is C14H23NO5. The van der Waals surface area contributed by atoms with Crippen molar-refractivity contribution < 1.29 is 24.3 Å². The van der Waals surface area contributed by atoms with Gasteiger partial charge in [0.2, 0.25) is 0 Å². The van der Waals surface area contributed by atoms with Gasteiger partial charge in [0.1, 0.15) is 0 Å². The Morgan fingerprint density at radius 2 is 1.80 bits per heavy atom. The zero-order chi connectivity index (χ0) is 15.2. The van der Waals surface area contributed by atoms with Gasteiger partial charge in [0.25, 0.3) is 0 Å². The van der Waals surface area contributed by atoms with Gasteiger partial charge in [-0.1, -0.05) is 11.6 Å². The molecule has 1 aliphatic carbocycles. The van der Waals surface area contributed by atoms with Crippen molar-refractivity contribution in [2.24, 2.45) is 16.5 Å². The lowest BCUT2D eigenvalue weighted by Gasteiger charge is -2.35. The van der Waals surface area contributed by atoms with Gasteiger partial charge in [-0.05, 0) is 40.0 Å². The molecule has 1 aliphatic rings. The number of hydrogen-bond acceptors (Lipinski definition) is 6. The number of oxime groups is 1. The fourth-order valence-corrected chi connectivity index (χ4v) is 2.67. The molecule has 0 bridgehead atoms. The highest BCUT2D eigenvalue weighted by atomic mass is 16.6. The Hall–Kier alpha value is -1.59. The first kappa shape index (κ1) is 16.5. The molecule has 0 spiro atoms. The second kappa shape index (κ2) is 7.26. The van der Waals surface area contributed by atoms with Crippen LogP contribution in [-0.2, 0) is 19.1 Å². The van der Waals surface area contributed by atoms with Gasteiger partial charge >= 0.3 is 11.9 Å². The van der Waals surface area contributed by atoms with E-state index in [2.05, 4.69) is 5.16 Å². The molecule has 1 saturated carbocycles. The first-order chi connectivity index (χ1) is 9.52. The van der Waals surface area contributed by atoms with Gasteiger partial charge in [-0.3, -0.25) is 9.59 Å². The van der Waals surface area contributed by atoms with Crippen molar-refractivity contribution in [1.29, 1.82) is 0 Å². The summed E-state index contributed by atoms with van der Waals surface area (Å²) in [6, 6.07) is 0. The molecule has 1 N–H and O–H groups in total. The van der Waals surface area contributed by atoms with E-state index in [1.807, 2.05) is 0 Å². The lowest BCUT2D eigenvalue weighted by molar-refractivity contribution is -0.173. The van der Waals surface area contributed by atoms with Gasteiger partial charge in [0.05, 0.1) is 18.9 Å². The van der Waals surface area contributed by atoms with E-state index < -0.39 is 23.3 Å². The van der Waals surface area contributed by atoms with E-state index in [1.54, 1.807) is 13.8 Å². The molecule has 0 amide bonds. The van der Waals surface area contributed by atoms with E-state index in [-0.39, 0.29) is 13.2 Å². The van der Waals surface area contributed by atoms with Crippen LogP contribution in [0.3, 0.4) is 0 Å². The Kier molecular flexibility index (Phi) is 5.98. The van der Waals surface area contributed by atoms with Crippen molar-refractivity contribution >= 4 is 17.7 Å². The first-order valence-electron chi connectivity index (χ1n) is 7.07. The van der Waals surface area contributed by atoms with Crippen LogP contribution in [0.25, 0.3) is 0 Å². The molecule has 0 aromatic heterocycles. The molecule has 6 nitrogen and oxygen atoms in total. The summed E-state index contributed by atoms with van der Waals surface area (Å²) in [5.74, 6) is -1.71. The summed E-state index contributed by atoms with van der Waals surface area (Å²) in [7, 11) is 0. The van der Waals surface area contributed by atoms with Crippen LogP contribution in [0, 0.1) is 11.3 Å². The smallest absolute Gasteiger partial charge is 0.323 e. The molecule has 6 heteroatoms. The van der Waals surface area contributed by atoms with E-state index >= 15 is 0 Å². The van der Waals surface area contributed by atoms with Gasteiger partial charge in [0.15, 0.2) is 5.41 Å². The molecular weight excluding hydrogens is 262 g/mol. The Balaban J connectivity index is 3.14. The second-order valence-electron chi connectivity index (χ2n) is 5.03. The number of rotatable bonds is 5. The minimum Gasteiger partial charge on any atom is -0.465 e. The maximum absolute atomic E-state index is 12.3. The van der Waals surface area contributed by atoms with Gasteiger partial charge in [0, 0.05) is 5.92 Å². The molecule has 0 aliphatic heterocycles. The van der Waals surface area contributed by atoms with Crippen molar-refractivity contribution in [3.8, 4) is 0 Å². The van der Waals surface area contributed by atoms with Crippen LogP contribution < -0.4 is 0 Å². The number of ether oxygens (including phenoxy) is 2. The predicted molar refractivity (Wildman–Crippen MR) is 72.6 cm³/mol. The van der Waals surface area contributed by atoms with E-state index in [4.69, 9.17) is 14.7 Å². The maximum atomic E-state index is 12.3. The SMILES string of the molecule is CCOC(=O)C(C)(C(=O)OCC)C1CCCC/C1=N/O. The monoisotopic (exact) mass is 285 g/mol. The van der Waals surface area contributed by atoms with Crippen molar-refractivity contribution in [1.82, 2.24) is 0 Å². The number of nitrogens with zero attached hydrogens (tertiary/aromatic N) is 1. The Labute approximate surface area is 119 Å². The third kappa shape index (κ3) is 3.11. The van der Waals surface area contributed by atoms with Gasteiger partial charge in [-0.2, -0.15) is 0 Å². The molecule has 20 heavy (non-hydrogen) atoms. The molecule has 0 aromatic carbocycles. The third-order valence-corrected chi connectivity index (χ3v) is 3.80. The van der Waals surface area contributed by atoms with Crippen LogP contribution in [0.15, 0.2) is 5.16 Å². The molecule has 0 heterocycles. The molecule has 1 atom stereocenters. The maximum Gasteiger partial charge on any atom is 0.323 e. The summed E-state index contributed by atoms with van der Waals surface area (Å²) in [5.41, 5.74) is -0.978. The van der Waals surface area contributed by atoms with E-state index in [9.17, 15) is 9.59 Å². The topological polar surface area (TPSA) is 85.2 Å². The summed E-state index contributed by atoms with van der Waals surface area (Å²) in [6.45, 7) is 5.26. The van der Waals surface area contributed by atoms with Crippen LogP contribution in [0.1, 0.15) is 46.5 Å². The average molecular weight is 285 g/mol. The molecule has 1 unspecified atom stereocenters. The fraction of sp³-hybridized carbons (Fsp3) is 0.786. The highest BCUT2D eigenvalue weighted by Crippen LogP contribution is 2.39. The van der Waals surface area contributed by atoms with Crippen molar-refractivity contribution in [3.05, 3.63) is 0 Å². The Morgan fingerprint density at radius 1 is 1.25 bits per heavy atom. The normalized spacial score (nSPS) is 21.6. The highest BCUT2D eigenvalue weighted by Gasteiger charge is 2.53. The van der Waals surface area contributed by atoms with E-state index in [0.29, 0.717) is 18.6 Å². The van der Waals surface area contributed by atoms with Crippen LogP contribution >= 0.6 is 0 Å². The van der Waals surface area contributed by atoms with E-state index in [1.165, 1.54) is 6.92 Å². The molecule has 1 rings (SSSR count). The number of carbonyl (C=O) groups is 2. The summed E-state index contributed by atoms with van der Waals surface area (Å²) in [6.07, 6.45) is 2.94. The van der Waals surface area contributed by atoms with Crippen LogP contribution in [-0.4, -0.2) is 36.1 Å². The predicted octanol–water partition coefficient (Wildman–Crippen LogP) is 2.14. The van der Waals surface area contributed by atoms with E-state index in [0.717, 1.165) is 12.8 Å². The number of esters is 2. The standard InChI is InChI=1S/C14H23NO5/c1-4-19-12(16)14(3,13(17)20-5-2)10-8-6-7-9-11(10)15-18/h10,18H,4-9H2,1-3H3/b15-11-. The lowest BCUT2D eigenvalue weighted by Crippen LogP contribution is -2.49. The molecule has 0 radical (unpaired) electrons. The van der Waals surface area contributed by atoms with Crippen molar-refractivity contribution in [2.75, 3.05) is 13.2 Å². The molecule has 114 valence electrons. The quantitative estimate of drug-likeness (QED) is 0.362. The van der Waals surface area contributed by atoms with Crippen molar-refractivity contribution in [3.63, 3.8) is 0 Å². The minimum atomic E-state index is -1.45. The average Bonchev–Trinajstić information content (AvgIpc) is 2.46. The zero-order valence-electron chi connectivity index (χ0n) is 12.3. The minimum absolute atomic E-state index is 0.187. The van der Waals surface area contributed by atoms with Crippen molar-refractivity contribution in [2.45, 2.75) is 46.5 Å². The van der Waals surface area contributed by atoms with Crippen LogP contribution in [0.5, 0.6) is 0 Å². The highest BCUT2D eigenvalue weighted by molar-refractivity contribution is 6.05. The third-order valence-electron chi connectivity index (χ3n) is 3.80. The molecule has 1 fully saturated rings. The summed E-state index contributed by atoms with van der Waals surface area (Å²) >= 11 is 0. The Morgan fingerprint density at radius 3 is 2.25 bits per heavy atom. The lowest BCUT2D eigenvalue weighted by atomic mass is 9.68. The largest absolute Gasteiger partial charge is 0.465 e.